The van der Waals surface area contributed by atoms with E-state index in [-0.39, 0.29) is 17.1 Å². The van der Waals surface area contributed by atoms with Gasteiger partial charge in [-0.3, -0.25) is 14.6 Å². The number of carbonyl (C=O) groups is 1. The van der Waals surface area contributed by atoms with E-state index in [4.69, 9.17) is 4.42 Å². The van der Waals surface area contributed by atoms with Crippen LogP contribution in [0.2, 0.25) is 0 Å². The van der Waals surface area contributed by atoms with Crippen molar-refractivity contribution in [2.45, 2.75) is 26.3 Å². The van der Waals surface area contributed by atoms with E-state index >= 15 is 0 Å². The highest BCUT2D eigenvalue weighted by Gasteiger charge is 2.42. The molecule has 2 aromatic heterocycles. The molecule has 0 bridgehead atoms. The van der Waals surface area contributed by atoms with Crippen LogP contribution in [0.4, 0.5) is 0 Å². The molecule has 0 saturated carbocycles. The van der Waals surface area contributed by atoms with Crippen molar-refractivity contribution in [1.82, 2.24) is 9.88 Å². The molecule has 3 heterocycles. The number of pyridine rings is 1. The van der Waals surface area contributed by atoms with Crippen LogP contribution in [-0.4, -0.2) is 22.3 Å². The molecule has 0 N–H and O–H groups in total. The second-order valence-corrected chi connectivity index (χ2v) is 8.02. The summed E-state index contributed by atoms with van der Waals surface area (Å²) < 4.78 is 6.06. The number of aryl methyl sites for hydroxylation is 2. The lowest BCUT2D eigenvalue weighted by atomic mass is 9.98. The number of nitrogens with zero attached hydrogens (tertiary/aromatic N) is 2. The van der Waals surface area contributed by atoms with Crippen LogP contribution in [0.3, 0.4) is 0 Å². The highest BCUT2D eigenvalue weighted by molar-refractivity contribution is 5.99. The van der Waals surface area contributed by atoms with Gasteiger partial charge in [0.25, 0.3) is 5.91 Å². The van der Waals surface area contributed by atoms with Crippen molar-refractivity contribution in [3.05, 3.63) is 111 Å². The minimum absolute atomic E-state index is 0.142. The Morgan fingerprint density at radius 3 is 2.42 bits per heavy atom. The highest BCUT2D eigenvalue weighted by atomic mass is 16.3. The lowest BCUT2D eigenvalue weighted by molar-refractivity contribution is 0.0730. The fourth-order valence-electron chi connectivity index (χ4n) is 4.29. The van der Waals surface area contributed by atoms with Crippen LogP contribution >= 0.6 is 0 Å². The molecule has 1 aliphatic heterocycles. The first-order valence-corrected chi connectivity index (χ1v) is 10.4. The number of hydrogen-bond donors (Lipinski definition) is 0. The van der Waals surface area contributed by atoms with Gasteiger partial charge in [0.05, 0.1) is 17.0 Å². The van der Waals surface area contributed by atoms with Gasteiger partial charge in [-0.25, -0.2) is 0 Å². The zero-order valence-corrected chi connectivity index (χ0v) is 17.5. The molecule has 31 heavy (non-hydrogen) atoms. The van der Waals surface area contributed by atoms with Gasteiger partial charge in [-0.15, -0.1) is 0 Å². The van der Waals surface area contributed by atoms with E-state index in [9.17, 15) is 9.59 Å². The van der Waals surface area contributed by atoms with Gasteiger partial charge in [0.2, 0.25) is 5.76 Å². The zero-order chi connectivity index (χ0) is 21.5. The average molecular weight is 410 g/mol. The second kappa shape index (κ2) is 7.51. The Bertz CT molecular complexity index is 1340. The van der Waals surface area contributed by atoms with E-state index in [0.717, 1.165) is 22.3 Å². The molecule has 1 atom stereocenters. The van der Waals surface area contributed by atoms with Gasteiger partial charge in [-0.2, -0.15) is 0 Å². The average Bonchev–Trinajstić information content (AvgIpc) is 3.07. The molecule has 1 amide bonds. The third kappa shape index (κ3) is 3.22. The maximum Gasteiger partial charge on any atom is 0.290 e. The van der Waals surface area contributed by atoms with E-state index in [1.54, 1.807) is 17.3 Å². The molecule has 5 rings (SSSR count). The number of rotatable bonds is 4. The molecule has 4 aromatic rings. The number of aromatic nitrogens is 1. The molecule has 0 saturated heterocycles. The summed E-state index contributed by atoms with van der Waals surface area (Å²) in [5.41, 5.74) is 4.76. The van der Waals surface area contributed by atoms with E-state index in [0.29, 0.717) is 29.5 Å². The molecule has 1 unspecified atom stereocenters. The van der Waals surface area contributed by atoms with Gasteiger partial charge >= 0.3 is 0 Å². The predicted molar refractivity (Wildman–Crippen MR) is 119 cm³/mol. The third-order valence-electron chi connectivity index (χ3n) is 6.09. The number of carbonyl (C=O) groups excluding carboxylic acids is 1. The number of hydrogen-bond acceptors (Lipinski definition) is 4. The van der Waals surface area contributed by atoms with Gasteiger partial charge < -0.3 is 9.32 Å². The Hall–Kier alpha value is -3.73. The largest absolute Gasteiger partial charge is 0.450 e. The van der Waals surface area contributed by atoms with Crippen LogP contribution in [0.1, 0.15) is 44.4 Å². The summed E-state index contributed by atoms with van der Waals surface area (Å²) in [6.45, 7) is 4.42. The van der Waals surface area contributed by atoms with Crippen LogP contribution < -0.4 is 5.43 Å². The maximum absolute atomic E-state index is 13.6. The predicted octanol–water partition coefficient (Wildman–Crippen LogP) is 4.59. The molecule has 5 heteroatoms. The summed E-state index contributed by atoms with van der Waals surface area (Å²) in [4.78, 5) is 32.9. The van der Waals surface area contributed by atoms with Crippen molar-refractivity contribution in [2.24, 2.45) is 0 Å². The normalized spacial score (nSPS) is 15.5. The number of benzene rings is 2. The summed E-state index contributed by atoms with van der Waals surface area (Å²) in [7, 11) is 0. The molecule has 0 aliphatic carbocycles. The molecule has 0 spiro atoms. The Balaban J connectivity index is 1.67. The van der Waals surface area contributed by atoms with Crippen LogP contribution in [0.15, 0.2) is 76.2 Å². The topological polar surface area (TPSA) is 63.4 Å². The van der Waals surface area contributed by atoms with E-state index in [1.807, 2.05) is 68.4 Å². The standard InChI is InChI=1S/C26H22N2O3/c1-16-14-20-21(15-17(16)2)31-25-22(24(20)29)23(19-8-11-27-12-9-19)28(26(25)30)13-10-18-6-4-3-5-7-18/h3-9,11-12,14-15,23H,10,13H2,1-2H3. The first-order valence-electron chi connectivity index (χ1n) is 10.4. The van der Waals surface area contributed by atoms with Crippen molar-refractivity contribution in [3.63, 3.8) is 0 Å². The van der Waals surface area contributed by atoms with Gasteiger partial charge in [0, 0.05) is 18.9 Å². The quantitative estimate of drug-likeness (QED) is 0.494. The van der Waals surface area contributed by atoms with Crippen LogP contribution in [0, 0.1) is 13.8 Å². The molecular formula is C26H22N2O3. The molecule has 0 fully saturated rings. The SMILES string of the molecule is Cc1cc2oc3c(c(=O)c2cc1C)C(c1ccncc1)N(CCc1ccccc1)C3=O. The Kier molecular flexibility index (Phi) is 4.66. The van der Waals surface area contributed by atoms with Gasteiger partial charge in [0.1, 0.15) is 5.58 Å². The van der Waals surface area contributed by atoms with Crippen LogP contribution in [0.5, 0.6) is 0 Å². The monoisotopic (exact) mass is 410 g/mol. The van der Waals surface area contributed by atoms with Crippen LogP contribution in [0.25, 0.3) is 11.0 Å². The lowest BCUT2D eigenvalue weighted by Crippen LogP contribution is -2.31. The summed E-state index contributed by atoms with van der Waals surface area (Å²) in [6, 6.07) is 16.9. The molecule has 154 valence electrons. The fourth-order valence-corrected chi connectivity index (χ4v) is 4.29. The third-order valence-corrected chi connectivity index (χ3v) is 6.09. The number of amides is 1. The molecule has 0 radical (unpaired) electrons. The molecule has 5 nitrogen and oxygen atoms in total. The first-order chi connectivity index (χ1) is 15.0. The van der Waals surface area contributed by atoms with Crippen molar-refractivity contribution >= 4 is 16.9 Å². The van der Waals surface area contributed by atoms with Gasteiger partial charge in [0.15, 0.2) is 5.43 Å². The minimum Gasteiger partial charge on any atom is -0.450 e. The molecule has 2 aromatic carbocycles. The lowest BCUT2D eigenvalue weighted by Gasteiger charge is -2.25. The van der Waals surface area contributed by atoms with E-state index < -0.39 is 6.04 Å². The Labute approximate surface area is 180 Å². The summed E-state index contributed by atoms with van der Waals surface area (Å²) in [5.74, 6) is -0.0967. The summed E-state index contributed by atoms with van der Waals surface area (Å²) in [6.07, 6.45) is 4.06. The smallest absolute Gasteiger partial charge is 0.290 e. The zero-order valence-electron chi connectivity index (χ0n) is 17.5. The number of fused-ring (bicyclic) bond motifs is 2. The summed E-state index contributed by atoms with van der Waals surface area (Å²) in [5, 5.41) is 0.513. The Morgan fingerprint density at radius 2 is 1.68 bits per heavy atom. The van der Waals surface area contributed by atoms with Crippen molar-refractivity contribution in [2.75, 3.05) is 6.54 Å². The van der Waals surface area contributed by atoms with E-state index in [2.05, 4.69) is 4.98 Å². The molecular weight excluding hydrogens is 388 g/mol. The Morgan fingerprint density at radius 1 is 0.968 bits per heavy atom. The fraction of sp³-hybridized carbons (Fsp3) is 0.192. The van der Waals surface area contributed by atoms with Crippen molar-refractivity contribution in [1.29, 1.82) is 0 Å². The van der Waals surface area contributed by atoms with Crippen LogP contribution in [-0.2, 0) is 6.42 Å². The second-order valence-electron chi connectivity index (χ2n) is 8.02. The maximum atomic E-state index is 13.6. The minimum atomic E-state index is -0.489. The van der Waals surface area contributed by atoms with Crippen molar-refractivity contribution < 1.29 is 9.21 Å². The first kappa shape index (κ1) is 19.2. The van der Waals surface area contributed by atoms with E-state index in [1.165, 1.54) is 0 Å². The molecule has 1 aliphatic rings. The van der Waals surface area contributed by atoms with Crippen molar-refractivity contribution in [3.8, 4) is 0 Å². The highest BCUT2D eigenvalue weighted by Crippen LogP contribution is 2.38. The summed E-state index contributed by atoms with van der Waals surface area (Å²) >= 11 is 0. The van der Waals surface area contributed by atoms with Gasteiger partial charge in [-0.1, -0.05) is 30.3 Å². The van der Waals surface area contributed by atoms with Gasteiger partial charge in [-0.05, 0) is 66.8 Å².